The molecule has 6 N–H and O–H groups in total. The first kappa shape index (κ1) is 29.9. The van der Waals surface area contributed by atoms with Crippen molar-refractivity contribution in [2.75, 3.05) is 43.5 Å². The summed E-state index contributed by atoms with van der Waals surface area (Å²) >= 11 is 0. The van der Waals surface area contributed by atoms with E-state index in [2.05, 4.69) is 11.9 Å². The number of urea groups is 1. The number of hydrazine groups is 2. The molecule has 214 valence electrons. The number of anilines is 2. The molecule has 0 aromatic heterocycles. The van der Waals surface area contributed by atoms with Gasteiger partial charge in [-0.3, -0.25) is 19.4 Å². The first-order valence-electron chi connectivity index (χ1n) is 12.8. The zero-order valence-electron chi connectivity index (χ0n) is 22.5. The Morgan fingerprint density at radius 3 is 2.55 bits per heavy atom. The highest BCUT2D eigenvalue weighted by Crippen LogP contribution is 2.28. The minimum absolute atomic E-state index is 0.0122. The molecule has 13 heteroatoms. The summed E-state index contributed by atoms with van der Waals surface area (Å²) in [4.78, 5) is 52.9. The number of nitrogens with zero attached hydrogens (tertiary/aromatic N) is 5. The van der Waals surface area contributed by atoms with Crippen LogP contribution < -0.4 is 21.9 Å². The van der Waals surface area contributed by atoms with E-state index in [9.17, 15) is 24.3 Å². The van der Waals surface area contributed by atoms with Gasteiger partial charge in [-0.1, -0.05) is 55.5 Å². The second-order valence-corrected chi connectivity index (χ2v) is 9.19. The molecule has 2 aromatic rings. The highest BCUT2D eigenvalue weighted by Gasteiger charge is 2.39. The maximum absolute atomic E-state index is 13.6. The van der Waals surface area contributed by atoms with Crippen molar-refractivity contribution < 1.29 is 24.3 Å². The van der Waals surface area contributed by atoms with Crippen molar-refractivity contribution in [3.63, 3.8) is 0 Å². The normalized spacial score (nSPS) is 15.1. The van der Waals surface area contributed by atoms with Crippen LogP contribution in [0, 0.1) is 0 Å². The predicted octanol–water partition coefficient (Wildman–Crippen LogP) is 0.795. The van der Waals surface area contributed by atoms with E-state index in [1.165, 1.54) is 14.8 Å². The van der Waals surface area contributed by atoms with Gasteiger partial charge in [0.15, 0.2) is 0 Å². The maximum atomic E-state index is 13.6. The van der Waals surface area contributed by atoms with Crippen LogP contribution in [0.25, 0.3) is 0 Å². The molecule has 1 heterocycles. The average molecular weight is 553 g/mol. The van der Waals surface area contributed by atoms with Gasteiger partial charge in [-0.15, -0.1) is 6.58 Å². The number of nitrogens with two attached hydrogens (primary N) is 2. The molecule has 2 aromatic carbocycles. The topological polar surface area (TPSA) is 169 Å². The van der Waals surface area contributed by atoms with Gasteiger partial charge >= 0.3 is 12.0 Å². The number of rotatable bonds is 13. The van der Waals surface area contributed by atoms with Crippen molar-refractivity contribution in [1.29, 1.82) is 0 Å². The number of piperazine rings is 1. The summed E-state index contributed by atoms with van der Waals surface area (Å²) < 4.78 is 0. The smallest absolute Gasteiger partial charge is 0.334 e. The standard InChI is InChI=1S/C27H36N8O5/c1-3-13-33(4-2)35(27(40)30-14-20-9-6-5-7-10-20)23-16-31(24(37)17-32(23)19-36)15-21-11-8-12-22(28)26(21)34(29)18-25(38)39/h3,5-12,19,23H,1,4,13-18,28-29H2,2H3,(H,30,40)(H,38,39)/t23-/m0/s1. The average Bonchev–Trinajstić information content (AvgIpc) is 2.93. The Kier molecular flexibility index (Phi) is 10.4. The van der Waals surface area contributed by atoms with Crippen molar-refractivity contribution in [1.82, 2.24) is 25.1 Å². The minimum atomic E-state index is -1.15. The lowest BCUT2D eigenvalue weighted by molar-refractivity contribution is -0.157. The van der Waals surface area contributed by atoms with Crippen LogP contribution in [-0.2, 0) is 27.5 Å². The number of likely N-dealkylation sites (N-methyl/N-ethyl adjacent to an activating group) is 1. The van der Waals surface area contributed by atoms with E-state index in [-0.39, 0.29) is 43.5 Å². The van der Waals surface area contributed by atoms with Crippen molar-refractivity contribution in [3.05, 3.63) is 72.3 Å². The third-order valence-corrected chi connectivity index (χ3v) is 6.46. The van der Waals surface area contributed by atoms with Crippen LogP contribution in [-0.4, -0.2) is 88.1 Å². The zero-order chi connectivity index (χ0) is 29.2. The Morgan fingerprint density at radius 2 is 1.93 bits per heavy atom. The maximum Gasteiger partial charge on any atom is 0.334 e. The quantitative estimate of drug-likeness (QED) is 0.0923. The summed E-state index contributed by atoms with van der Waals surface area (Å²) in [6, 6.07) is 13.9. The number of carbonyl (C=O) groups excluding carboxylic acids is 3. The van der Waals surface area contributed by atoms with Crippen LogP contribution in [0.15, 0.2) is 61.2 Å². The fourth-order valence-corrected chi connectivity index (χ4v) is 4.59. The third kappa shape index (κ3) is 7.27. The number of nitrogen functional groups attached to an aromatic ring is 1. The van der Waals surface area contributed by atoms with Crippen LogP contribution in [0.4, 0.5) is 16.2 Å². The number of aliphatic carboxylic acids is 1. The second kappa shape index (κ2) is 14.0. The molecule has 1 fully saturated rings. The number of nitrogens with one attached hydrogen (secondary N) is 1. The van der Waals surface area contributed by atoms with Crippen LogP contribution in [0.3, 0.4) is 0 Å². The first-order chi connectivity index (χ1) is 19.2. The van der Waals surface area contributed by atoms with E-state index in [0.717, 1.165) is 10.6 Å². The van der Waals surface area contributed by atoms with Crippen LogP contribution in [0.2, 0.25) is 0 Å². The van der Waals surface area contributed by atoms with Gasteiger partial charge in [0.25, 0.3) is 0 Å². The van der Waals surface area contributed by atoms with Crippen LogP contribution in [0.5, 0.6) is 0 Å². The number of benzene rings is 2. The molecule has 40 heavy (non-hydrogen) atoms. The minimum Gasteiger partial charge on any atom is -0.480 e. The van der Waals surface area contributed by atoms with Crippen LogP contribution >= 0.6 is 0 Å². The Morgan fingerprint density at radius 1 is 1.20 bits per heavy atom. The molecule has 0 saturated carbocycles. The highest BCUT2D eigenvalue weighted by molar-refractivity contribution is 5.83. The van der Waals surface area contributed by atoms with Gasteiger partial charge in [-0.25, -0.2) is 20.7 Å². The summed E-state index contributed by atoms with van der Waals surface area (Å²) in [5, 5.41) is 16.3. The van der Waals surface area contributed by atoms with E-state index >= 15 is 0 Å². The Balaban J connectivity index is 1.92. The second-order valence-electron chi connectivity index (χ2n) is 9.19. The van der Waals surface area contributed by atoms with Gasteiger partial charge in [0.05, 0.1) is 17.9 Å². The Bertz CT molecular complexity index is 1210. The molecule has 1 aliphatic rings. The molecular formula is C27H36N8O5. The fraction of sp³-hybridized carbons (Fsp3) is 0.333. The van der Waals surface area contributed by atoms with Gasteiger partial charge in [0.1, 0.15) is 19.3 Å². The fourth-order valence-electron chi connectivity index (χ4n) is 4.59. The molecule has 0 spiro atoms. The molecular weight excluding hydrogens is 516 g/mol. The number of amides is 4. The predicted molar refractivity (Wildman–Crippen MR) is 150 cm³/mol. The first-order valence-corrected chi connectivity index (χ1v) is 12.8. The largest absolute Gasteiger partial charge is 0.480 e. The number of hydrogen-bond acceptors (Lipinski definition) is 8. The lowest BCUT2D eigenvalue weighted by Gasteiger charge is -2.47. The van der Waals surface area contributed by atoms with E-state index in [1.54, 1.807) is 29.3 Å². The number of carboxylic acids is 1. The molecule has 1 saturated heterocycles. The lowest BCUT2D eigenvalue weighted by Crippen LogP contribution is -2.67. The number of carbonyl (C=O) groups is 4. The van der Waals surface area contributed by atoms with E-state index in [1.807, 2.05) is 37.3 Å². The molecule has 0 aliphatic carbocycles. The van der Waals surface area contributed by atoms with Gasteiger partial charge < -0.3 is 26.0 Å². The molecule has 0 unspecified atom stereocenters. The van der Waals surface area contributed by atoms with E-state index in [0.29, 0.717) is 25.1 Å². The number of carboxylic acid groups (broad SMARTS) is 1. The number of para-hydroxylation sites is 1. The molecule has 13 nitrogen and oxygen atoms in total. The monoisotopic (exact) mass is 552 g/mol. The van der Waals surface area contributed by atoms with Crippen molar-refractivity contribution in [2.24, 2.45) is 5.84 Å². The summed E-state index contributed by atoms with van der Waals surface area (Å²) in [6.45, 7) is 5.93. The van der Waals surface area contributed by atoms with Crippen molar-refractivity contribution in [3.8, 4) is 0 Å². The SMILES string of the molecule is C=CCN(CC)N(C(=O)NCc1ccccc1)[C@H]1CN(Cc2cccc(N)c2N(N)CC(=O)O)C(=O)CN1C=O. The van der Waals surface area contributed by atoms with Crippen molar-refractivity contribution >= 4 is 35.7 Å². The molecule has 4 amide bonds. The van der Waals surface area contributed by atoms with E-state index < -0.39 is 24.7 Å². The van der Waals surface area contributed by atoms with Crippen molar-refractivity contribution in [2.45, 2.75) is 26.2 Å². The van der Waals surface area contributed by atoms with Gasteiger partial charge in [0.2, 0.25) is 12.3 Å². The Labute approximate surface area is 233 Å². The summed E-state index contributed by atoms with van der Waals surface area (Å²) in [5.41, 5.74) is 8.08. The van der Waals surface area contributed by atoms with Gasteiger partial charge in [-0.05, 0) is 17.2 Å². The highest BCUT2D eigenvalue weighted by atomic mass is 16.4. The molecule has 3 rings (SSSR count). The third-order valence-electron chi connectivity index (χ3n) is 6.46. The lowest BCUT2D eigenvalue weighted by atomic mass is 10.1. The summed E-state index contributed by atoms with van der Waals surface area (Å²) in [7, 11) is 0. The van der Waals surface area contributed by atoms with Gasteiger partial charge in [-0.2, -0.15) is 0 Å². The van der Waals surface area contributed by atoms with Crippen LogP contribution in [0.1, 0.15) is 18.1 Å². The summed E-state index contributed by atoms with van der Waals surface area (Å²) in [6.07, 6.45) is 1.37. The van der Waals surface area contributed by atoms with Gasteiger partial charge in [0, 0.05) is 26.2 Å². The Hall–Kier alpha value is -4.62. The molecule has 0 radical (unpaired) electrons. The number of hydrogen-bond donors (Lipinski definition) is 4. The molecule has 1 atom stereocenters. The summed E-state index contributed by atoms with van der Waals surface area (Å²) in [5.74, 6) is 4.51. The molecule has 1 aliphatic heterocycles. The molecule has 0 bridgehead atoms. The zero-order valence-corrected chi connectivity index (χ0v) is 22.5. The van der Waals surface area contributed by atoms with E-state index in [4.69, 9.17) is 11.6 Å².